The van der Waals surface area contributed by atoms with Crippen LogP contribution in [0.2, 0.25) is 0 Å². The van der Waals surface area contributed by atoms with Crippen LogP contribution < -0.4 is 0 Å². The van der Waals surface area contributed by atoms with Gasteiger partial charge in [0, 0.05) is 0 Å². The number of carbonyl (C=O) groups excluding carboxylic acids is 1. The molecule has 90 valence electrons. The number of aliphatic hydroxyl groups is 2. The number of ether oxygens (including phenoxy) is 1. The Morgan fingerprint density at radius 2 is 2.19 bits per heavy atom. The van der Waals surface area contributed by atoms with Crippen LogP contribution in [0.3, 0.4) is 0 Å². The summed E-state index contributed by atoms with van der Waals surface area (Å²) < 4.78 is 5.25. The summed E-state index contributed by atoms with van der Waals surface area (Å²) in [6, 6.07) is 0. The Kier molecular flexibility index (Phi) is 3.30. The highest BCUT2D eigenvalue weighted by atomic mass is 16.5. The molecule has 0 radical (unpaired) electrons. The van der Waals surface area contributed by atoms with Gasteiger partial charge in [-0.2, -0.15) is 0 Å². The zero-order valence-corrected chi connectivity index (χ0v) is 9.48. The summed E-state index contributed by atoms with van der Waals surface area (Å²) in [6.07, 6.45) is 2.02. The van der Waals surface area contributed by atoms with Crippen molar-refractivity contribution in [3.8, 4) is 0 Å². The van der Waals surface area contributed by atoms with E-state index >= 15 is 0 Å². The molecule has 0 aromatic carbocycles. The van der Waals surface area contributed by atoms with Crippen molar-refractivity contribution in [3.63, 3.8) is 0 Å². The summed E-state index contributed by atoms with van der Waals surface area (Å²) in [4.78, 5) is 11.6. The van der Waals surface area contributed by atoms with Crippen LogP contribution in [0, 0.1) is 0 Å². The lowest BCUT2D eigenvalue weighted by Gasteiger charge is -2.24. The zero-order valence-electron chi connectivity index (χ0n) is 9.48. The Labute approximate surface area is 94.9 Å². The van der Waals surface area contributed by atoms with Gasteiger partial charge in [0.05, 0.1) is 11.7 Å². The molecule has 2 N–H and O–H groups in total. The summed E-state index contributed by atoms with van der Waals surface area (Å²) in [5.74, 6) is -0.442. The average Bonchev–Trinajstić information content (AvgIpc) is 2.58. The second-order valence-electron chi connectivity index (χ2n) is 4.53. The standard InChI is InChI=1S/C12H18O4/c1-2-3-4-9-7-5-6-8(13)11(14)10(7)12(15)16-9/h8-9,11,13-14H,2-6H2,1H3/t8-,9?,11+/m0/s1. The SMILES string of the molecule is CCCCC1OC(=O)C2=C1CC[C@H](O)[C@H]2O. The molecular weight excluding hydrogens is 208 g/mol. The van der Waals surface area contributed by atoms with Gasteiger partial charge in [-0.1, -0.05) is 13.3 Å². The predicted octanol–water partition coefficient (Wildman–Crippen LogP) is 0.914. The molecule has 1 aliphatic carbocycles. The molecule has 0 aromatic heterocycles. The van der Waals surface area contributed by atoms with Crippen LogP contribution in [0.25, 0.3) is 0 Å². The van der Waals surface area contributed by atoms with Gasteiger partial charge >= 0.3 is 5.97 Å². The molecule has 0 saturated carbocycles. The highest BCUT2D eigenvalue weighted by Crippen LogP contribution is 2.36. The first-order valence-electron chi connectivity index (χ1n) is 5.95. The predicted molar refractivity (Wildman–Crippen MR) is 57.7 cm³/mol. The largest absolute Gasteiger partial charge is 0.454 e. The molecule has 0 bridgehead atoms. The van der Waals surface area contributed by atoms with Crippen LogP contribution in [-0.2, 0) is 9.53 Å². The number of esters is 1. The topological polar surface area (TPSA) is 66.8 Å². The molecule has 2 rings (SSSR count). The normalized spacial score (nSPS) is 33.9. The third kappa shape index (κ3) is 1.87. The molecule has 0 saturated heterocycles. The van der Waals surface area contributed by atoms with Crippen LogP contribution in [0.1, 0.15) is 39.0 Å². The first-order valence-corrected chi connectivity index (χ1v) is 5.95. The molecule has 16 heavy (non-hydrogen) atoms. The van der Waals surface area contributed by atoms with Crippen molar-refractivity contribution in [2.45, 2.75) is 57.3 Å². The Bertz CT molecular complexity index is 321. The molecule has 3 atom stereocenters. The number of cyclic esters (lactones) is 1. The van der Waals surface area contributed by atoms with Gasteiger partial charge in [-0.15, -0.1) is 0 Å². The minimum absolute atomic E-state index is 0.162. The van der Waals surface area contributed by atoms with Crippen molar-refractivity contribution in [1.82, 2.24) is 0 Å². The number of carbonyl (C=O) groups is 1. The average molecular weight is 226 g/mol. The molecule has 4 heteroatoms. The van der Waals surface area contributed by atoms with Crippen molar-refractivity contribution in [3.05, 3.63) is 11.1 Å². The smallest absolute Gasteiger partial charge is 0.337 e. The second kappa shape index (κ2) is 4.55. The van der Waals surface area contributed by atoms with Crippen LogP contribution in [-0.4, -0.2) is 34.5 Å². The molecule has 1 heterocycles. The molecule has 0 fully saturated rings. The molecule has 1 unspecified atom stereocenters. The second-order valence-corrected chi connectivity index (χ2v) is 4.53. The van der Waals surface area contributed by atoms with E-state index in [0.29, 0.717) is 18.4 Å². The zero-order chi connectivity index (χ0) is 11.7. The maximum absolute atomic E-state index is 11.6. The van der Waals surface area contributed by atoms with Crippen molar-refractivity contribution in [1.29, 1.82) is 0 Å². The number of hydrogen-bond donors (Lipinski definition) is 2. The summed E-state index contributed by atoms with van der Waals surface area (Å²) in [7, 11) is 0. The quantitative estimate of drug-likeness (QED) is 0.702. The monoisotopic (exact) mass is 226 g/mol. The summed E-state index contributed by atoms with van der Waals surface area (Å²) in [5.41, 5.74) is 1.23. The van der Waals surface area contributed by atoms with Crippen molar-refractivity contribution in [2.24, 2.45) is 0 Å². The van der Waals surface area contributed by atoms with Crippen molar-refractivity contribution in [2.75, 3.05) is 0 Å². The molecule has 1 aliphatic heterocycles. The van der Waals surface area contributed by atoms with E-state index in [1.54, 1.807) is 0 Å². The minimum atomic E-state index is -1.05. The Hall–Kier alpha value is -0.870. The molecule has 2 aliphatic rings. The third-order valence-corrected chi connectivity index (χ3v) is 3.39. The first-order chi connectivity index (χ1) is 7.65. The van der Waals surface area contributed by atoms with Crippen LogP contribution in [0.4, 0.5) is 0 Å². The number of rotatable bonds is 3. The lowest BCUT2D eigenvalue weighted by molar-refractivity contribution is -0.141. The summed E-state index contributed by atoms with van der Waals surface area (Å²) in [5, 5.41) is 19.3. The summed E-state index contributed by atoms with van der Waals surface area (Å²) >= 11 is 0. The maximum atomic E-state index is 11.6. The van der Waals surface area contributed by atoms with Crippen LogP contribution in [0.15, 0.2) is 11.1 Å². The Balaban J connectivity index is 2.17. The van der Waals surface area contributed by atoms with Gasteiger partial charge in [0.1, 0.15) is 12.2 Å². The van der Waals surface area contributed by atoms with E-state index in [1.807, 2.05) is 0 Å². The first kappa shape index (κ1) is 11.6. The lowest BCUT2D eigenvalue weighted by Crippen LogP contribution is -2.33. The molecule has 0 amide bonds. The van der Waals surface area contributed by atoms with Crippen molar-refractivity contribution < 1.29 is 19.7 Å². The lowest BCUT2D eigenvalue weighted by atomic mass is 9.85. The van der Waals surface area contributed by atoms with E-state index in [4.69, 9.17) is 4.74 Å². The van der Waals surface area contributed by atoms with E-state index < -0.39 is 18.2 Å². The number of aliphatic hydroxyl groups excluding tert-OH is 2. The third-order valence-electron chi connectivity index (χ3n) is 3.39. The molecular formula is C12H18O4. The number of unbranched alkanes of at least 4 members (excludes halogenated alkanes) is 1. The van der Waals surface area contributed by atoms with Gasteiger partial charge in [-0.25, -0.2) is 4.79 Å². The molecule has 0 aromatic rings. The van der Waals surface area contributed by atoms with E-state index in [0.717, 1.165) is 24.8 Å². The fourth-order valence-electron chi connectivity index (χ4n) is 2.45. The van der Waals surface area contributed by atoms with Gasteiger partial charge in [-0.05, 0) is 31.3 Å². The van der Waals surface area contributed by atoms with E-state index in [-0.39, 0.29) is 6.10 Å². The van der Waals surface area contributed by atoms with Gasteiger partial charge in [0.15, 0.2) is 0 Å². The highest BCUT2D eigenvalue weighted by Gasteiger charge is 2.42. The van der Waals surface area contributed by atoms with E-state index in [9.17, 15) is 15.0 Å². The Morgan fingerprint density at radius 1 is 1.44 bits per heavy atom. The van der Waals surface area contributed by atoms with Crippen LogP contribution >= 0.6 is 0 Å². The van der Waals surface area contributed by atoms with E-state index in [2.05, 4.69) is 6.92 Å². The van der Waals surface area contributed by atoms with Gasteiger partial charge in [0.25, 0.3) is 0 Å². The fourth-order valence-corrected chi connectivity index (χ4v) is 2.45. The van der Waals surface area contributed by atoms with Gasteiger partial charge in [0.2, 0.25) is 0 Å². The molecule has 0 spiro atoms. The fraction of sp³-hybridized carbons (Fsp3) is 0.750. The minimum Gasteiger partial charge on any atom is -0.454 e. The van der Waals surface area contributed by atoms with Crippen molar-refractivity contribution >= 4 is 5.97 Å². The Morgan fingerprint density at radius 3 is 2.88 bits per heavy atom. The van der Waals surface area contributed by atoms with E-state index in [1.165, 1.54) is 0 Å². The molecule has 4 nitrogen and oxygen atoms in total. The highest BCUT2D eigenvalue weighted by molar-refractivity contribution is 5.93. The van der Waals surface area contributed by atoms with Gasteiger partial charge < -0.3 is 14.9 Å². The maximum Gasteiger partial charge on any atom is 0.337 e. The summed E-state index contributed by atoms with van der Waals surface area (Å²) in [6.45, 7) is 2.09. The van der Waals surface area contributed by atoms with Crippen LogP contribution in [0.5, 0.6) is 0 Å². The number of hydrogen-bond acceptors (Lipinski definition) is 4. The van der Waals surface area contributed by atoms with Gasteiger partial charge in [-0.3, -0.25) is 0 Å².